The van der Waals surface area contributed by atoms with Crippen LogP contribution in [0.4, 0.5) is 10.8 Å². The van der Waals surface area contributed by atoms with Gasteiger partial charge in [0.2, 0.25) is 0 Å². The van der Waals surface area contributed by atoms with Crippen LogP contribution in [-0.4, -0.2) is 51.5 Å². The predicted molar refractivity (Wildman–Crippen MR) is 82.5 cm³/mol. The second-order valence-electron chi connectivity index (χ2n) is 4.86. The van der Waals surface area contributed by atoms with Crippen molar-refractivity contribution in [1.29, 1.82) is 0 Å². The highest BCUT2D eigenvalue weighted by Crippen LogP contribution is 2.40. The van der Waals surface area contributed by atoms with E-state index in [2.05, 4.69) is 9.69 Å². The highest BCUT2D eigenvalue weighted by Gasteiger charge is 2.40. The first-order valence-electron chi connectivity index (χ1n) is 6.87. The van der Waals surface area contributed by atoms with E-state index in [0.717, 1.165) is 18.0 Å². The Kier molecular flexibility index (Phi) is 5.80. The van der Waals surface area contributed by atoms with Gasteiger partial charge in [0.25, 0.3) is 0 Å². The van der Waals surface area contributed by atoms with E-state index in [1.165, 1.54) is 0 Å². The van der Waals surface area contributed by atoms with Gasteiger partial charge in [-0.2, -0.15) is 4.37 Å². The molecule has 1 fully saturated rings. The van der Waals surface area contributed by atoms with Crippen LogP contribution in [0, 0.1) is 0 Å². The molecule has 0 aliphatic heterocycles. The van der Waals surface area contributed by atoms with Crippen LogP contribution in [0.15, 0.2) is 4.90 Å². The molecule has 0 spiro atoms. The highest BCUT2D eigenvalue weighted by molar-refractivity contribution is 7.92. The summed E-state index contributed by atoms with van der Waals surface area (Å²) in [6, 6.07) is 0. The molecule has 1 aromatic heterocycles. The van der Waals surface area contributed by atoms with E-state index >= 15 is 0 Å². The number of nitrogens with two attached hydrogens (primary N) is 1. The van der Waals surface area contributed by atoms with Gasteiger partial charge >= 0.3 is 0 Å². The smallest absolute Gasteiger partial charge is 0.187 e. The fraction of sp³-hybridized carbons (Fsp3) is 0.750. The molecule has 120 valence electrons. The van der Waals surface area contributed by atoms with Crippen LogP contribution in [0.5, 0.6) is 0 Å². The Bertz CT molecular complexity index is 555. The van der Waals surface area contributed by atoms with E-state index in [1.807, 2.05) is 0 Å². The number of nitrogens with zero attached hydrogens (tertiary/aromatic N) is 1. The zero-order chi connectivity index (χ0) is 15.3. The normalized spacial score (nSPS) is 15.3. The van der Waals surface area contributed by atoms with E-state index in [-0.39, 0.29) is 16.0 Å². The molecule has 1 heterocycles. The fourth-order valence-electron chi connectivity index (χ4n) is 1.85. The minimum absolute atomic E-state index is 0.103. The summed E-state index contributed by atoms with van der Waals surface area (Å²) < 4.78 is 38.8. The first-order chi connectivity index (χ1) is 10.1. The molecular formula is C12H21N3O4S2. The fourth-order valence-corrected chi connectivity index (χ4v) is 4.76. The van der Waals surface area contributed by atoms with Gasteiger partial charge in [-0.25, -0.2) is 8.42 Å². The van der Waals surface area contributed by atoms with Crippen molar-refractivity contribution in [3.63, 3.8) is 0 Å². The van der Waals surface area contributed by atoms with Crippen molar-refractivity contribution in [2.75, 3.05) is 44.5 Å². The van der Waals surface area contributed by atoms with Crippen molar-refractivity contribution in [1.82, 2.24) is 4.37 Å². The van der Waals surface area contributed by atoms with Gasteiger partial charge in [-0.1, -0.05) is 0 Å². The largest absolute Gasteiger partial charge is 0.382 e. The molecule has 0 bridgehead atoms. The van der Waals surface area contributed by atoms with Gasteiger partial charge in [-0.15, -0.1) is 0 Å². The molecule has 0 unspecified atom stereocenters. The van der Waals surface area contributed by atoms with Crippen LogP contribution < -0.4 is 11.1 Å². The standard InChI is InChI=1S/C12H21N3O4S2/c1-18-7-8-19-6-2-5-14-12-10(11(13)15-20-12)21(16,17)9-3-4-9/h9,14H,2-8H2,1H3,(H2,13,15). The number of ether oxygens (including phenoxy) is 2. The summed E-state index contributed by atoms with van der Waals surface area (Å²) in [5.41, 5.74) is 5.72. The Morgan fingerprint density at radius 2 is 2.14 bits per heavy atom. The first-order valence-corrected chi connectivity index (χ1v) is 9.19. The number of anilines is 2. The van der Waals surface area contributed by atoms with E-state index in [9.17, 15) is 8.42 Å². The van der Waals surface area contributed by atoms with E-state index in [4.69, 9.17) is 15.2 Å². The lowest BCUT2D eigenvalue weighted by atomic mass is 10.4. The number of sulfone groups is 1. The van der Waals surface area contributed by atoms with Gasteiger partial charge in [-0.05, 0) is 30.8 Å². The Balaban J connectivity index is 1.84. The maximum Gasteiger partial charge on any atom is 0.187 e. The highest BCUT2D eigenvalue weighted by atomic mass is 32.2. The Hall–Kier alpha value is -0.900. The van der Waals surface area contributed by atoms with Crippen LogP contribution in [0.2, 0.25) is 0 Å². The molecule has 0 radical (unpaired) electrons. The average molecular weight is 335 g/mol. The quantitative estimate of drug-likeness (QED) is 0.618. The second kappa shape index (κ2) is 7.39. The summed E-state index contributed by atoms with van der Waals surface area (Å²) in [6.45, 7) is 2.34. The summed E-state index contributed by atoms with van der Waals surface area (Å²) in [4.78, 5) is 0.176. The Morgan fingerprint density at radius 1 is 1.38 bits per heavy atom. The van der Waals surface area contributed by atoms with Crippen LogP contribution >= 0.6 is 11.5 Å². The van der Waals surface area contributed by atoms with Gasteiger partial charge in [0, 0.05) is 20.3 Å². The number of rotatable bonds is 10. The number of methoxy groups -OCH3 is 1. The summed E-state index contributed by atoms with van der Waals surface area (Å²) in [5, 5.41) is 3.35. The summed E-state index contributed by atoms with van der Waals surface area (Å²) in [6.07, 6.45) is 2.19. The summed E-state index contributed by atoms with van der Waals surface area (Å²) in [5.74, 6) is 0.103. The lowest BCUT2D eigenvalue weighted by Gasteiger charge is -2.08. The van der Waals surface area contributed by atoms with Crippen molar-refractivity contribution >= 4 is 32.2 Å². The molecule has 2 rings (SSSR count). The maximum absolute atomic E-state index is 12.3. The van der Waals surface area contributed by atoms with Crippen molar-refractivity contribution < 1.29 is 17.9 Å². The summed E-state index contributed by atoms with van der Waals surface area (Å²) in [7, 11) is -1.70. The van der Waals surface area contributed by atoms with Gasteiger partial charge < -0.3 is 20.5 Å². The molecule has 1 aliphatic rings. The SMILES string of the molecule is COCCOCCCNc1snc(N)c1S(=O)(=O)C1CC1. The minimum atomic E-state index is -3.33. The van der Waals surface area contributed by atoms with Crippen molar-refractivity contribution in [2.45, 2.75) is 29.4 Å². The molecule has 0 amide bonds. The van der Waals surface area contributed by atoms with Gasteiger partial charge in [0.15, 0.2) is 15.7 Å². The Labute approximate surface area is 128 Å². The van der Waals surface area contributed by atoms with Gasteiger partial charge in [0.1, 0.15) is 9.90 Å². The molecule has 3 N–H and O–H groups in total. The lowest BCUT2D eigenvalue weighted by Crippen LogP contribution is -2.13. The van der Waals surface area contributed by atoms with Crippen molar-refractivity contribution in [3.8, 4) is 0 Å². The van der Waals surface area contributed by atoms with Crippen molar-refractivity contribution in [3.05, 3.63) is 0 Å². The van der Waals surface area contributed by atoms with Crippen LogP contribution in [0.25, 0.3) is 0 Å². The number of nitrogens with one attached hydrogen (secondary N) is 1. The van der Waals surface area contributed by atoms with E-state index < -0.39 is 9.84 Å². The molecule has 1 aromatic rings. The number of aromatic nitrogens is 1. The van der Waals surface area contributed by atoms with Gasteiger partial charge in [-0.3, -0.25) is 0 Å². The van der Waals surface area contributed by atoms with Crippen LogP contribution in [-0.2, 0) is 19.3 Å². The molecule has 21 heavy (non-hydrogen) atoms. The maximum atomic E-state index is 12.3. The van der Waals surface area contributed by atoms with E-state index in [0.29, 0.717) is 44.2 Å². The lowest BCUT2D eigenvalue weighted by molar-refractivity contribution is 0.0705. The van der Waals surface area contributed by atoms with Gasteiger partial charge in [0.05, 0.1) is 18.5 Å². The topological polar surface area (TPSA) is 104 Å². The van der Waals surface area contributed by atoms with Crippen LogP contribution in [0.1, 0.15) is 19.3 Å². The molecule has 9 heteroatoms. The third-order valence-corrected chi connectivity index (χ3v) is 6.38. The molecule has 0 saturated heterocycles. The average Bonchev–Trinajstić information content (AvgIpc) is 3.23. The van der Waals surface area contributed by atoms with Crippen LogP contribution in [0.3, 0.4) is 0 Å². The predicted octanol–water partition coefficient (Wildman–Crippen LogP) is 1.13. The zero-order valence-electron chi connectivity index (χ0n) is 12.0. The molecule has 1 saturated carbocycles. The first kappa shape index (κ1) is 16.5. The number of hydrogen-bond donors (Lipinski definition) is 2. The van der Waals surface area contributed by atoms with Crippen molar-refractivity contribution in [2.24, 2.45) is 0 Å². The zero-order valence-corrected chi connectivity index (χ0v) is 13.6. The monoisotopic (exact) mass is 335 g/mol. The molecule has 0 aromatic carbocycles. The minimum Gasteiger partial charge on any atom is -0.382 e. The third kappa shape index (κ3) is 4.29. The molecule has 7 nitrogen and oxygen atoms in total. The third-order valence-electron chi connectivity index (χ3n) is 3.10. The second-order valence-corrected chi connectivity index (χ2v) is 7.79. The molecule has 1 aliphatic carbocycles. The number of hydrogen-bond acceptors (Lipinski definition) is 8. The Morgan fingerprint density at radius 3 is 2.81 bits per heavy atom. The molecule has 0 atom stereocenters. The molecular weight excluding hydrogens is 314 g/mol. The van der Waals surface area contributed by atoms with E-state index in [1.54, 1.807) is 7.11 Å². The number of nitrogen functional groups attached to an aromatic ring is 1. The summed E-state index contributed by atoms with van der Waals surface area (Å²) >= 11 is 1.09.